The molecule has 212 valence electrons. The molecule has 1 fully saturated rings. The Morgan fingerprint density at radius 3 is 2.00 bits per heavy atom. The number of hydrogen-bond donors (Lipinski definition) is 0. The molecule has 2 atom stereocenters. The van der Waals surface area contributed by atoms with E-state index in [4.69, 9.17) is 4.74 Å². The summed E-state index contributed by atoms with van der Waals surface area (Å²) in [7, 11) is 0. The van der Waals surface area contributed by atoms with Gasteiger partial charge >= 0.3 is 242 Å². The number of unbranched alkanes of at least 4 members (excludes halogenated alkanes) is 3. The van der Waals surface area contributed by atoms with Crippen LogP contribution in [0.2, 0.25) is 17.7 Å². The molecule has 5 heteroatoms. The van der Waals surface area contributed by atoms with Gasteiger partial charge in [-0.2, -0.15) is 0 Å². The van der Waals surface area contributed by atoms with Crippen molar-refractivity contribution in [3.8, 4) is 0 Å². The minimum atomic E-state index is -2.71. The van der Waals surface area contributed by atoms with Gasteiger partial charge < -0.3 is 0 Å². The van der Waals surface area contributed by atoms with Gasteiger partial charge in [0.05, 0.1) is 0 Å². The second-order valence-electron chi connectivity index (χ2n) is 11.5. The molecule has 0 saturated carbocycles. The van der Waals surface area contributed by atoms with E-state index in [2.05, 4.69) is 51.6 Å². The van der Waals surface area contributed by atoms with Crippen LogP contribution in [0.4, 0.5) is 4.79 Å². The summed E-state index contributed by atoms with van der Waals surface area (Å²) >= 11 is -2.71. The zero-order valence-corrected chi connectivity index (χ0v) is 27.4. The van der Waals surface area contributed by atoms with Crippen LogP contribution in [0, 0.1) is 5.92 Å². The molecule has 0 N–H and O–H groups in total. The SMILES string of the molecule is C=C(C[C@H]([CH2][Sn]([CH2]CCC)([CH2]CCC)[CH2]CCC)C(=O)N1C(=O)OC[C@@H]1Cc1ccccc1)c1ccccc1. The van der Waals surface area contributed by atoms with Gasteiger partial charge in [0.25, 0.3) is 0 Å². The molecular weight excluding hydrogens is 589 g/mol. The van der Waals surface area contributed by atoms with Crippen molar-refractivity contribution in [2.75, 3.05) is 6.61 Å². The van der Waals surface area contributed by atoms with Crippen LogP contribution in [0.1, 0.15) is 76.8 Å². The third-order valence-electron chi connectivity index (χ3n) is 8.40. The van der Waals surface area contributed by atoms with Crippen molar-refractivity contribution in [1.29, 1.82) is 0 Å². The number of ether oxygens (including phenoxy) is 1. The monoisotopic (exact) mass is 639 g/mol. The van der Waals surface area contributed by atoms with Crippen LogP contribution in [0.25, 0.3) is 5.57 Å². The molecule has 2 aromatic rings. The van der Waals surface area contributed by atoms with E-state index in [0.29, 0.717) is 12.8 Å². The number of hydrogen-bond acceptors (Lipinski definition) is 3. The Labute approximate surface area is 241 Å². The van der Waals surface area contributed by atoms with Crippen molar-refractivity contribution in [2.24, 2.45) is 5.92 Å². The number of carbonyl (C=O) groups excluding carboxylic acids is 2. The molecule has 1 saturated heterocycles. The van der Waals surface area contributed by atoms with Crippen LogP contribution in [0.15, 0.2) is 67.2 Å². The average Bonchev–Trinajstić information content (AvgIpc) is 3.33. The van der Waals surface area contributed by atoms with Gasteiger partial charge in [0.15, 0.2) is 0 Å². The molecule has 2 aromatic carbocycles. The van der Waals surface area contributed by atoms with Gasteiger partial charge in [0, 0.05) is 0 Å². The van der Waals surface area contributed by atoms with Crippen LogP contribution in [0.5, 0.6) is 0 Å². The predicted molar refractivity (Wildman–Crippen MR) is 165 cm³/mol. The zero-order chi connectivity index (χ0) is 28.1. The summed E-state index contributed by atoms with van der Waals surface area (Å²) in [6.45, 7) is 11.5. The number of imide groups is 1. The molecule has 2 amide bonds. The number of amides is 2. The molecule has 1 aliphatic heterocycles. The fourth-order valence-electron chi connectivity index (χ4n) is 6.16. The maximum absolute atomic E-state index is 14.4. The Morgan fingerprint density at radius 1 is 0.923 bits per heavy atom. The van der Waals surface area contributed by atoms with Crippen LogP contribution < -0.4 is 0 Å². The Kier molecular flexibility index (Phi) is 13.1. The third kappa shape index (κ3) is 9.23. The number of cyclic esters (lactones) is 1. The second-order valence-corrected chi connectivity index (χ2v) is 25.5. The van der Waals surface area contributed by atoms with E-state index >= 15 is 0 Å². The topological polar surface area (TPSA) is 46.6 Å². The van der Waals surface area contributed by atoms with Gasteiger partial charge in [-0.25, -0.2) is 0 Å². The summed E-state index contributed by atoms with van der Waals surface area (Å²) in [6, 6.07) is 20.1. The number of benzene rings is 2. The van der Waals surface area contributed by atoms with Crippen LogP contribution in [0.3, 0.4) is 0 Å². The van der Waals surface area contributed by atoms with E-state index in [-0.39, 0.29) is 24.5 Å². The van der Waals surface area contributed by atoms with Crippen molar-refractivity contribution in [2.45, 2.75) is 95.9 Å². The molecule has 0 aliphatic carbocycles. The fourth-order valence-corrected chi connectivity index (χ4v) is 23.4. The van der Waals surface area contributed by atoms with Crippen LogP contribution >= 0.6 is 0 Å². The predicted octanol–water partition coefficient (Wildman–Crippen LogP) is 9.15. The van der Waals surface area contributed by atoms with E-state index in [1.807, 2.05) is 36.4 Å². The quantitative estimate of drug-likeness (QED) is 0.163. The standard InChI is InChI=1S/C22H22NO3.3C4H9.Sn/c1-16(19-11-7-4-8-12-19)13-17(2)21(24)23-20(15-26-22(23)25)14-18-9-5-3-6-10-18;3*1-3-4-2;/h3-12,17,20H,1-2,13-15H2;3*1,3-4H2,2H3;/t17-,20-;;;;/m0..../s1. The van der Waals surface area contributed by atoms with Crippen molar-refractivity contribution in [3.05, 3.63) is 78.4 Å². The molecule has 1 aliphatic rings. The van der Waals surface area contributed by atoms with E-state index in [1.165, 1.54) is 56.7 Å². The van der Waals surface area contributed by atoms with Crippen molar-refractivity contribution in [3.63, 3.8) is 0 Å². The maximum atomic E-state index is 14.4. The van der Waals surface area contributed by atoms with Crippen molar-refractivity contribution >= 4 is 36.0 Å². The Balaban J connectivity index is 1.94. The molecule has 0 spiro atoms. The number of carbonyl (C=O) groups is 2. The third-order valence-corrected chi connectivity index (χ3v) is 24.4. The molecule has 0 unspecified atom stereocenters. The minimum absolute atomic E-state index is 0.0407. The molecule has 0 bridgehead atoms. The summed E-state index contributed by atoms with van der Waals surface area (Å²) in [6.07, 6.45) is 8.12. The molecule has 39 heavy (non-hydrogen) atoms. The summed E-state index contributed by atoms with van der Waals surface area (Å²) in [5.41, 5.74) is 3.19. The van der Waals surface area contributed by atoms with E-state index in [1.54, 1.807) is 0 Å². The number of rotatable bonds is 17. The molecule has 1 heterocycles. The molecule has 4 nitrogen and oxygen atoms in total. The fraction of sp³-hybridized carbons (Fsp3) is 0.529. The normalized spacial score (nSPS) is 16.2. The first-order valence-electron chi connectivity index (χ1n) is 15.2. The molecular formula is C34H49NO3Sn. The molecule has 3 rings (SSSR count). The Bertz CT molecular complexity index is 1020. The van der Waals surface area contributed by atoms with Gasteiger partial charge in [-0.05, 0) is 0 Å². The van der Waals surface area contributed by atoms with Gasteiger partial charge in [-0.15, -0.1) is 0 Å². The summed E-state index contributed by atoms with van der Waals surface area (Å²) in [4.78, 5) is 29.0. The summed E-state index contributed by atoms with van der Waals surface area (Å²) in [5.74, 6) is -0.260. The Hall–Kier alpha value is -2.08. The van der Waals surface area contributed by atoms with Crippen LogP contribution in [-0.2, 0) is 16.0 Å². The van der Waals surface area contributed by atoms with Crippen molar-refractivity contribution < 1.29 is 14.3 Å². The van der Waals surface area contributed by atoms with E-state index in [0.717, 1.165) is 21.1 Å². The van der Waals surface area contributed by atoms with Gasteiger partial charge in [0.2, 0.25) is 0 Å². The van der Waals surface area contributed by atoms with Gasteiger partial charge in [0.1, 0.15) is 0 Å². The first kappa shape index (κ1) is 31.4. The van der Waals surface area contributed by atoms with Crippen LogP contribution in [-0.4, -0.2) is 47.9 Å². The molecule has 0 aromatic heterocycles. The second kappa shape index (κ2) is 16.2. The zero-order valence-electron chi connectivity index (χ0n) is 24.5. The van der Waals surface area contributed by atoms with Gasteiger partial charge in [-0.1, -0.05) is 0 Å². The van der Waals surface area contributed by atoms with Gasteiger partial charge in [-0.3, -0.25) is 0 Å². The first-order chi connectivity index (χ1) is 18.9. The van der Waals surface area contributed by atoms with E-state index in [9.17, 15) is 9.59 Å². The average molecular weight is 638 g/mol. The first-order valence-corrected chi connectivity index (χ1v) is 23.3. The Morgan fingerprint density at radius 2 is 1.46 bits per heavy atom. The number of nitrogens with zero attached hydrogens (tertiary/aromatic N) is 1. The summed E-state index contributed by atoms with van der Waals surface area (Å²) in [5, 5.41) is 0. The summed E-state index contributed by atoms with van der Waals surface area (Å²) < 4.78 is 10.5. The van der Waals surface area contributed by atoms with Crippen molar-refractivity contribution in [1.82, 2.24) is 4.90 Å². The number of allylic oxidation sites excluding steroid dienone is 1. The van der Waals surface area contributed by atoms with E-state index < -0.39 is 24.5 Å². The molecule has 0 radical (unpaired) electrons.